The lowest BCUT2D eigenvalue weighted by Gasteiger charge is -2.16. The molecule has 2 N–H and O–H groups in total. The second-order valence-corrected chi connectivity index (χ2v) is 5.28. The summed E-state index contributed by atoms with van der Waals surface area (Å²) < 4.78 is 0. The third-order valence-electron chi connectivity index (χ3n) is 3.54. The summed E-state index contributed by atoms with van der Waals surface area (Å²) in [4.78, 5) is 0. The molecule has 2 unspecified atom stereocenters. The van der Waals surface area contributed by atoms with Gasteiger partial charge >= 0.3 is 0 Å². The lowest BCUT2D eigenvalue weighted by molar-refractivity contribution is 0.270. The Balaban J connectivity index is 3.03. The second kappa shape index (κ2) is 7.55. The molecule has 2 atom stereocenters. The number of hydrogen-bond donors (Lipinski definition) is 2. The predicted octanol–water partition coefficient (Wildman–Crippen LogP) is 3.22. The molecule has 18 heavy (non-hydrogen) atoms. The van der Waals surface area contributed by atoms with Gasteiger partial charge in [0.25, 0.3) is 0 Å². The van der Waals surface area contributed by atoms with E-state index >= 15 is 0 Å². The van der Waals surface area contributed by atoms with Gasteiger partial charge in [-0.3, -0.25) is 0 Å². The Morgan fingerprint density at radius 1 is 0.944 bits per heavy atom. The third kappa shape index (κ3) is 4.11. The number of aryl methyl sites for hydroxylation is 1. The van der Waals surface area contributed by atoms with E-state index in [1.807, 2.05) is 13.8 Å². The van der Waals surface area contributed by atoms with Gasteiger partial charge in [0.1, 0.15) is 0 Å². The van der Waals surface area contributed by atoms with Crippen molar-refractivity contribution >= 4 is 0 Å². The van der Waals surface area contributed by atoms with Crippen LogP contribution in [0, 0.1) is 0 Å². The van der Waals surface area contributed by atoms with Crippen LogP contribution in [-0.4, -0.2) is 23.4 Å². The molecule has 0 radical (unpaired) electrons. The molecule has 2 heteroatoms. The smallest absolute Gasteiger partial charge is 0.0497 e. The van der Waals surface area contributed by atoms with Crippen molar-refractivity contribution in [3.05, 3.63) is 34.9 Å². The Kier molecular flexibility index (Phi) is 6.37. The van der Waals surface area contributed by atoms with E-state index in [0.29, 0.717) is 0 Å². The molecule has 1 aromatic carbocycles. The first-order valence-corrected chi connectivity index (χ1v) is 6.97. The van der Waals surface area contributed by atoms with E-state index < -0.39 is 0 Å². The number of aliphatic hydroxyl groups excluding tert-OH is 2. The number of hydrogen-bond acceptors (Lipinski definition) is 2. The van der Waals surface area contributed by atoms with Crippen LogP contribution in [0.4, 0.5) is 0 Å². The summed E-state index contributed by atoms with van der Waals surface area (Å²) in [6.07, 6.45) is 3.45. The summed E-state index contributed by atoms with van der Waals surface area (Å²) >= 11 is 0. The molecule has 0 amide bonds. The van der Waals surface area contributed by atoms with Gasteiger partial charge in [0.15, 0.2) is 0 Å². The number of rotatable bonds is 7. The fraction of sp³-hybridized carbons (Fsp3) is 0.625. The van der Waals surface area contributed by atoms with Gasteiger partial charge in [0.2, 0.25) is 0 Å². The highest BCUT2D eigenvalue weighted by Gasteiger charge is 2.11. The van der Waals surface area contributed by atoms with Gasteiger partial charge < -0.3 is 10.2 Å². The van der Waals surface area contributed by atoms with E-state index in [1.54, 1.807) is 0 Å². The molecule has 0 aromatic heterocycles. The summed E-state index contributed by atoms with van der Waals surface area (Å²) in [6, 6.07) is 6.52. The Bertz CT molecular complexity index is 332. The van der Waals surface area contributed by atoms with E-state index in [1.165, 1.54) is 29.5 Å². The molecule has 0 saturated carbocycles. The van der Waals surface area contributed by atoms with E-state index in [2.05, 4.69) is 25.1 Å². The fourth-order valence-electron chi connectivity index (χ4n) is 2.05. The molecule has 2 nitrogen and oxygen atoms in total. The lowest BCUT2D eigenvalue weighted by atomic mass is 9.91. The van der Waals surface area contributed by atoms with Gasteiger partial charge in [-0.05, 0) is 29.5 Å². The van der Waals surface area contributed by atoms with Crippen LogP contribution in [0.15, 0.2) is 18.2 Å². The van der Waals surface area contributed by atoms with Crippen LogP contribution in [0.25, 0.3) is 0 Å². The average molecular weight is 250 g/mol. The molecule has 0 spiro atoms. The lowest BCUT2D eigenvalue weighted by Crippen LogP contribution is -2.05. The van der Waals surface area contributed by atoms with Crippen LogP contribution >= 0.6 is 0 Å². The minimum atomic E-state index is 0.163. The topological polar surface area (TPSA) is 40.5 Å². The maximum absolute atomic E-state index is 9.29. The summed E-state index contributed by atoms with van der Waals surface area (Å²) in [5.41, 5.74) is 3.69. The van der Waals surface area contributed by atoms with Crippen LogP contribution in [0.2, 0.25) is 0 Å². The van der Waals surface area contributed by atoms with Gasteiger partial charge in [0.05, 0.1) is 0 Å². The molecule has 0 fully saturated rings. The van der Waals surface area contributed by atoms with Gasteiger partial charge in [-0.25, -0.2) is 0 Å². The van der Waals surface area contributed by atoms with Crippen LogP contribution in [-0.2, 0) is 6.42 Å². The average Bonchev–Trinajstić information content (AvgIpc) is 2.42. The molecular weight excluding hydrogens is 224 g/mol. The van der Waals surface area contributed by atoms with E-state index in [9.17, 15) is 10.2 Å². The van der Waals surface area contributed by atoms with E-state index in [0.717, 1.165) is 6.42 Å². The molecule has 1 aromatic rings. The molecule has 0 aliphatic carbocycles. The van der Waals surface area contributed by atoms with Crippen molar-refractivity contribution in [3.8, 4) is 0 Å². The van der Waals surface area contributed by atoms with Gasteiger partial charge in [-0.15, -0.1) is 0 Å². The molecule has 0 aliphatic heterocycles. The van der Waals surface area contributed by atoms with Gasteiger partial charge in [-0.2, -0.15) is 0 Å². The molecule has 0 aliphatic rings. The van der Waals surface area contributed by atoms with Gasteiger partial charge in [0, 0.05) is 25.0 Å². The Morgan fingerprint density at radius 2 is 1.44 bits per heavy atom. The molecular formula is C16H26O2. The van der Waals surface area contributed by atoms with Crippen LogP contribution in [0.1, 0.15) is 62.1 Å². The van der Waals surface area contributed by atoms with Gasteiger partial charge in [-0.1, -0.05) is 45.4 Å². The molecule has 0 heterocycles. The number of aliphatic hydroxyl groups is 2. The van der Waals surface area contributed by atoms with Crippen molar-refractivity contribution in [2.24, 2.45) is 0 Å². The minimum Gasteiger partial charge on any atom is -0.396 e. The van der Waals surface area contributed by atoms with Crippen LogP contribution in [0.3, 0.4) is 0 Å². The Morgan fingerprint density at radius 3 is 1.83 bits per heavy atom. The van der Waals surface area contributed by atoms with Crippen molar-refractivity contribution in [2.75, 3.05) is 13.2 Å². The van der Waals surface area contributed by atoms with Crippen molar-refractivity contribution < 1.29 is 10.2 Å². The maximum Gasteiger partial charge on any atom is 0.0497 e. The summed E-state index contributed by atoms with van der Waals surface area (Å²) in [5, 5.41) is 18.6. The van der Waals surface area contributed by atoms with Crippen molar-refractivity contribution in [1.82, 2.24) is 0 Å². The van der Waals surface area contributed by atoms with Crippen LogP contribution in [0.5, 0.6) is 0 Å². The maximum atomic E-state index is 9.29. The summed E-state index contributed by atoms with van der Waals surface area (Å²) in [6.45, 7) is 6.60. The Labute approximate surface area is 111 Å². The van der Waals surface area contributed by atoms with Crippen molar-refractivity contribution in [3.63, 3.8) is 0 Å². The zero-order valence-electron chi connectivity index (χ0n) is 11.8. The Hall–Kier alpha value is -0.860. The fourth-order valence-corrected chi connectivity index (χ4v) is 2.05. The first-order valence-electron chi connectivity index (χ1n) is 6.97. The normalized spacial score (nSPS) is 14.5. The first kappa shape index (κ1) is 15.2. The SMILES string of the molecule is CCCCc1cc(C(C)CO)cc(C(C)CO)c1. The standard InChI is InChI=1S/C16H26O2/c1-4-5-6-14-7-15(12(2)10-17)9-16(8-14)13(3)11-18/h7-9,12-13,17-18H,4-6,10-11H2,1-3H3. The number of benzene rings is 1. The third-order valence-corrected chi connectivity index (χ3v) is 3.54. The van der Waals surface area contributed by atoms with E-state index in [4.69, 9.17) is 0 Å². The van der Waals surface area contributed by atoms with E-state index in [-0.39, 0.29) is 25.0 Å². The zero-order chi connectivity index (χ0) is 13.5. The second-order valence-electron chi connectivity index (χ2n) is 5.28. The zero-order valence-corrected chi connectivity index (χ0v) is 11.8. The molecule has 102 valence electrons. The first-order chi connectivity index (χ1) is 8.62. The summed E-state index contributed by atoms with van der Waals surface area (Å²) in [7, 11) is 0. The highest BCUT2D eigenvalue weighted by Crippen LogP contribution is 2.24. The quantitative estimate of drug-likeness (QED) is 0.780. The highest BCUT2D eigenvalue weighted by molar-refractivity contribution is 5.34. The highest BCUT2D eigenvalue weighted by atomic mass is 16.3. The molecule has 1 rings (SSSR count). The molecule has 0 bridgehead atoms. The predicted molar refractivity (Wildman–Crippen MR) is 76.1 cm³/mol. The van der Waals surface area contributed by atoms with Crippen molar-refractivity contribution in [2.45, 2.75) is 51.9 Å². The van der Waals surface area contributed by atoms with Crippen LogP contribution < -0.4 is 0 Å². The monoisotopic (exact) mass is 250 g/mol. The van der Waals surface area contributed by atoms with Crippen molar-refractivity contribution in [1.29, 1.82) is 0 Å². The summed E-state index contributed by atoms with van der Waals surface area (Å²) in [5.74, 6) is 0.326. The minimum absolute atomic E-state index is 0.163. The molecule has 0 saturated heterocycles. The number of unbranched alkanes of at least 4 members (excludes halogenated alkanes) is 1. The largest absolute Gasteiger partial charge is 0.396 e.